The maximum Gasteiger partial charge on any atom is 0.0502 e. The number of rotatable bonds is 1. The van der Waals surface area contributed by atoms with Gasteiger partial charge in [0.05, 0.1) is 5.52 Å². The van der Waals surface area contributed by atoms with Gasteiger partial charge in [0, 0.05) is 30.4 Å². The zero-order valence-electron chi connectivity index (χ0n) is 8.49. The van der Waals surface area contributed by atoms with Gasteiger partial charge in [-0.25, -0.2) is 0 Å². The number of nitrogens with zero attached hydrogens (tertiary/aromatic N) is 1. The zero-order chi connectivity index (χ0) is 10.3. The summed E-state index contributed by atoms with van der Waals surface area (Å²) < 4.78 is 2.06. The molecular formula is C11H15N3. The first kappa shape index (κ1) is 9.09. The van der Waals surface area contributed by atoms with E-state index in [-0.39, 0.29) is 6.04 Å². The van der Waals surface area contributed by atoms with Gasteiger partial charge in [-0.2, -0.15) is 0 Å². The molecule has 4 N–H and O–H groups in total. The van der Waals surface area contributed by atoms with E-state index in [1.807, 2.05) is 32.3 Å². The van der Waals surface area contributed by atoms with E-state index in [1.165, 1.54) is 0 Å². The van der Waals surface area contributed by atoms with Crippen LogP contribution in [-0.2, 0) is 7.05 Å². The summed E-state index contributed by atoms with van der Waals surface area (Å²) in [7, 11) is 2.01. The first-order valence-electron chi connectivity index (χ1n) is 4.70. The molecule has 1 atom stereocenters. The Hall–Kier alpha value is -1.48. The Morgan fingerprint density at radius 2 is 2.07 bits per heavy atom. The Labute approximate surface area is 83.3 Å². The fourth-order valence-corrected chi connectivity index (χ4v) is 1.85. The van der Waals surface area contributed by atoms with E-state index in [4.69, 9.17) is 11.5 Å². The summed E-state index contributed by atoms with van der Waals surface area (Å²) >= 11 is 0. The molecule has 0 amide bonds. The van der Waals surface area contributed by atoms with Crippen molar-refractivity contribution in [3.63, 3.8) is 0 Å². The van der Waals surface area contributed by atoms with Crippen molar-refractivity contribution in [3.8, 4) is 0 Å². The van der Waals surface area contributed by atoms with Gasteiger partial charge in [-0.05, 0) is 24.6 Å². The predicted octanol–water partition coefficient (Wildman–Crippen LogP) is 1.78. The van der Waals surface area contributed by atoms with Crippen LogP contribution in [-0.4, -0.2) is 4.57 Å². The van der Waals surface area contributed by atoms with Crippen molar-refractivity contribution in [1.82, 2.24) is 4.57 Å². The number of hydrogen-bond donors (Lipinski definition) is 2. The summed E-state index contributed by atoms with van der Waals surface area (Å²) in [5.74, 6) is 0. The summed E-state index contributed by atoms with van der Waals surface area (Å²) in [5.41, 5.74) is 14.9. The molecule has 14 heavy (non-hydrogen) atoms. The summed E-state index contributed by atoms with van der Waals surface area (Å²) in [6, 6.07) is 5.94. The van der Waals surface area contributed by atoms with Gasteiger partial charge in [0.1, 0.15) is 0 Å². The predicted molar refractivity (Wildman–Crippen MR) is 59.9 cm³/mol. The molecular weight excluding hydrogens is 174 g/mol. The summed E-state index contributed by atoms with van der Waals surface area (Å²) in [6.07, 6.45) is 2.05. The van der Waals surface area contributed by atoms with Crippen LogP contribution < -0.4 is 11.5 Å². The Morgan fingerprint density at radius 1 is 1.36 bits per heavy atom. The molecule has 0 aliphatic rings. The summed E-state index contributed by atoms with van der Waals surface area (Å²) in [6.45, 7) is 1.97. The molecule has 1 aromatic heterocycles. The molecule has 3 nitrogen and oxygen atoms in total. The van der Waals surface area contributed by atoms with Crippen LogP contribution >= 0.6 is 0 Å². The smallest absolute Gasteiger partial charge is 0.0502 e. The Kier molecular flexibility index (Phi) is 1.97. The van der Waals surface area contributed by atoms with Crippen LogP contribution in [0.15, 0.2) is 24.4 Å². The molecule has 0 aliphatic carbocycles. The van der Waals surface area contributed by atoms with Crippen molar-refractivity contribution in [3.05, 3.63) is 30.0 Å². The quantitative estimate of drug-likeness (QED) is 0.672. The number of anilines is 1. The fraction of sp³-hybridized carbons (Fsp3) is 0.273. The Morgan fingerprint density at radius 3 is 2.71 bits per heavy atom. The van der Waals surface area contributed by atoms with Crippen molar-refractivity contribution in [2.45, 2.75) is 13.0 Å². The van der Waals surface area contributed by atoms with Crippen LogP contribution in [0.25, 0.3) is 10.9 Å². The zero-order valence-corrected chi connectivity index (χ0v) is 8.49. The maximum absolute atomic E-state index is 5.94. The molecule has 0 spiro atoms. The average Bonchev–Trinajstić information content (AvgIpc) is 2.46. The van der Waals surface area contributed by atoms with Crippen LogP contribution in [0.2, 0.25) is 0 Å². The van der Waals surface area contributed by atoms with E-state index in [1.54, 1.807) is 0 Å². The molecule has 0 saturated heterocycles. The molecule has 2 aromatic rings. The highest BCUT2D eigenvalue weighted by Gasteiger charge is 2.11. The number of hydrogen-bond acceptors (Lipinski definition) is 2. The highest BCUT2D eigenvalue weighted by Crippen LogP contribution is 2.29. The van der Waals surface area contributed by atoms with E-state index >= 15 is 0 Å². The molecule has 74 valence electrons. The lowest BCUT2D eigenvalue weighted by Gasteiger charge is -2.04. The first-order valence-corrected chi connectivity index (χ1v) is 4.70. The third kappa shape index (κ3) is 1.17. The number of fused-ring (bicyclic) bond motifs is 1. The van der Waals surface area contributed by atoms with Crippen LogP contribution in [0, 0.1) is 0 Å². The van der Waals surface area contributed by atoms with E-state index in [2.05, 4.69) is 10.6 Å². The minimum Gasteiger partial charge on any atom is -0.398 e. The second kappa shape index (κ2) is 3.03. The maximum atomic E-state index is 5.94. The Balaban J connectivity index is 2.86. The molecule has 0 saturated carbocycles. The van der Waals surface area contributed by atoms with Gasteiger partial charge in [0.15, 0.2) is 0 Å². The molecule has 0 fully saturated rings. The third-order valence-electron chi connectivity index (χ3n) is 2.57. The fourth-order valence-electron chi connectivity index (χ4n) is 1.85. The van der Waals surface area contributed by atoms with E-state index in [0.717, 1.165) is 22.2 Å². The van der Waals surface area contributed by atoms with Crippen molar-refractivity contribution in [2.24, 2.45) is 12.8 Å². The third-order valence-corrected chi connectivity index (χ3v) is 2.57. The second-order valence-electron chi connectivity index (χ2n) is 3.73. The number of benzene rings is 1. The van der Waals surface area contributed by atoms with Gasteiger partial charge >= 0.3 is 0 Å². The van der Waals surface area contributed by atoms with Gasteiger partial charge < -0.3 is 16.0 Å². The number of nitrogens with two attached hydrogens (primary N) is 2. The number of aromatic nitrogens is 1. The molecule has 1 unspecified atom stereocenters. The van der Waals surface area contributed by atoms with Crippen LogP contribution in [0.5, 0.6) is 0 Å². The molecule has 0 aliphatic heterocycles. The molecule has 3 heteroatoms. The van der Waals surface area contributed by atoms with E-state index < -0.39 is 0 Å². The highest BCUT2D eigenvalue weighted by atomic mass is 14.9. The van der Waals surface area contributed by atoms with E-state index in [0.29, 0.717) is 0 Å². The topological polar surface area (TPSA) is 57.0 Å². The molecule has 0 radical (unpaired) electrons. The SMILES string of the molecule is CC(N)c1cn(C)c2cccc(N)c12. The van der Waals surface area contributed by atoms with Gasteiger partial charge in [0.2, 0.25) is 0 Å². The average molecular weight is 189 g/mol. The monoisotopic (exact) mass is 189 g/mol. The standard InChI is InChI=1S/C11H15N3/c1-7(12)8-6-14(2)10-5-3-4-9(13)11(8)10/h3-7H,12-13H2,1-2H3. The molecule has 1 heterocycles. The minimum atomic E-state index is 0.0170. The summed E-state index contributed by atoms with van der Waals surface area (Å²) in [4.78, 5) is 0. The van der Waals surface area contributed by atoms with Crippen LogP contribution in [0.4, 0.5) is 5.69 Å². The minimum absolute atomic E-state index is 0.0170. The largest absolute Gasteiger partial charge is 0.398 e. The second-order valence-corrected chi connectivity index (χ2v) is 3.73. The van der Waals surface area contributed by atoms with Gasteiger partial charge in [0.25, 0.3) is 0 Å². The van der Waals surface area contributed by atoms with E-state index in [9.17, 15) is 0 Å². The highest BCUT2D eigenvalue weighted by molar-refractivity contribution is 5.94. The van der Waals surface area contributed by atoms with Crippen LogP contribution in [0.3, 0.4) is 0 Å². The molecule has 1 aromatic carbocycles. The lowest BCUT2D eigenvalue weighted by Crippen LogP contribution is -2.04. The Bertz CT molecular complexity index is 469. The van der Waals surface area contributed by atoms with Crippen LogP contribution in [0.1, 0.15) is 18.5 Å². The normalized spacial score (nSPS) is 13.4. The van der Waals surface area contributed by atoms with Gasteiger partial charge in [-0.1, -0.05) is 6.07 Å². The molecule has 2 rings (SSSR count). The van der Waals surface area contributed by atoms with Crippen molar-refractivity contribution >= 4 is 16.6 Å². The lowest BCUT2D eigenvalue weighted by atomic mass is 10.1. The lowest BCUT2D eigenvalue weighted by molar-refractivity contribution is 0.815. The van der Waals surface area contributed by atoms with Gasteiger partial charge in [-0.3, -0.25) is 0 Å². The van der Waals surface area contributed by atoms with Crippen molar-refractivity contribution < 1.29 is 0 Å². The molecule has 0 bridgehead atoms. The first-order chi connectivity index (χ1) is 6.61. The van der Waals surface area contributed by atoms with Crippen molar-refractivity contribution in [1.29, 1.82) is 0 Å². The van der Waals surface area contributed by atoms with Crippen molar-refractivity contribution in [2.75, 3.05) is 5.73 Å². The van der Waals surface area contributed by atoms with Gasteiger partial charge in [-0.15, -0.1) is 0 Å². The number of nitrogen functional groups attached to an aromatic ring is 1. The summed E-state index contributed by atoms with van der Waals surface area (Å²) in [5, 5.41) is 1.09. The number of aryl methyl sites for hydroxylation is 1.